The highest BCUT2D eigenvalue weighted by atomic mass is 32.2. The highest BCUT2D eigenvalue weighted by Gasteiger charge is 2.38. The van der Waals surface area contributed by atoms with Gasteiger partial charge in [-0.1, -0.05) is 0 Å². The van der Waals surface area contributed by atoms with Gasteiger partial charge in [0.1, 0.15) is 0 Å². The normalized spacial score (nSPS) is 31.0. The van der Waals surface area contributed by atoms with Crippen LogP contribution in [-0.4, -0.2) is 50.6 Å². The topological polar surface area (TPSA) is 98.5 Å². The van der Waals surface area contributed by atoms with E-state index in [1.165, 1.54) is 0 Å². The van der Waals surface area contributed by atoms with Crippen LogP contribution in [0.1, 0.15) is 19.3 Å². The molecule has 98 valence electrons. The Morgan fingerprint density at radius 3 is 2.53 bits per heavy atom. The fourth-order valence-electron chi connectivity index (χ4n) is 2.20. The first-order valence-electron chi connectivity index (χ1n) is 5.79. The molecule has 6 nitrogen and oxygen atoms in total. The molecule has 0 aromatic heterocycles. The number of nitrogens with one attached hydrogen (secondary N) is 1. The quantitative estimate of drug-likeness (QED) is 0.651. The van der Waals surface area contributed by atoms with Crippen molar-refractivity contribution in [1.82, 2.24) is 5.32 Å². The minimum atomic E-state index is -2.97. The van der Waals surface area contributed by atoms with Crippen molar-refractivity contribution in [3.63, 3.8) is 0 Å². The van der Waals surface area contributed by atoms with E-state index in [9.17, 15) is 13.2 Å². The van der Waals surface area contributed by atoms with Crippen LogP contribution in [0.2, 0.25) is 0 Å². The first kappa shape index (κ1) is 12.8. The van der Waals surface area contributed by atoms with Gasteiger partial charge in [-0.05, 0) is 19.3 Å². The maximum Gasteiger partial charge on any atom is 0.240 e. The fourth-order valence-corrected chi connectivity index (χ4v) is 3.87. The molecule has 3 N–H and O–H groups in total. The third kappa shape index (κ3) is 2.97. The summed E-state index contributed by atoms with van der Waals surface area (Å²) in [7, 11) is -2.97. The molecule has 2 aliphatic rings. The van der Waals surface area contributed by atoms with Crippen LogP contribution >= 0.6 is 0 Å². The third-order valence-electron chi connectivity index (χ3n) is 3.40. The highest BCUT2D eigenvalue weighted by Crippen LogP contribution is 2.19. The zero-order valence-electron chi connectivity index (χ0n) is 9.65. The van der Waals surface area contributed by atoms with E-state index >= 15 is 0 Å². The molecular formula is C10H18N2O4S. The second-order valence-corrected chi connectivity index (χ2v) is 7.07. The Morgan fingerprint density at radius 1 is 1.35 bits per heavy atom. The lowest BCUT2D eigenvalue weighted by atomic mass is 9.90. The highest BCUT2D eigenvalue weighted by molar-refractivity contribution is 7.91. The minimum Gasteiger partial charge on any atom is -0.381 e. The molecule has 2 fully saturated rings. The average molecular weight is 262 g/mol. The van der Waals surface area contributed by atoms with Crippen LogP contribution in [0.15, 0.2) is 0 Å². The first-order valence-corrected chi connectivity index (χ1v) is 7.61. The molecule has 0 radical (unpaired) electrons. The summed E-state index contributed by atoms with van der Waals surface area (Å²) in [5, 5.41) is 2.75. The smallest absolute Gasteiger partial charge is 0.240 e. The Morgan fingerprint density at radius 2 is 2.00 bits per heavy atom. The summed E-state index contributed by atoms with van der Waals surface area (Å²) in [5.41, 5.74) is 5.11. The molecule has 0 saturated carbocycles. The van der Waals surface area contributed by atoms with Gasteiger partial charge in [0, 0.05) is 19.3 Å². The summed E-state index contributed by atoms with van der Waals surface area (Å²) >= 11 is 0. The van der Waals surface area contributed by atoms with E-state index in [0.29, 0.717) is 32.5 Å². The van der Waals surface area contributed by atoms with Gasteiger partial charge in [0.25, 0.3) is 0 Å². The number of hydrogen-bond donors (Lipinski definition) is 2. The van der Waals surface area contributed by atoms with Crippen LogP contribution in [0.25, 0.3) is 0 Å². The molecule has 2 aliphatic heterocycles. The molecular weight excluding hydrogens is 244 g/mol. The number of rotatable bonds is 2. The average Bonchev–Trinajstić information content (AvgIpc) is 2.59. The van der Waals surface area contributed by atoms with Crippen LogP contribution in [0.3, 0.4) is 0 Å². The zero-order chi connectivity index (χ0) is 12.5. The predicted molar refractivity (Wildman–Crippen MR) is 62.2 cm³/mol. The predicted octanol–water partition coefficient (Wildman–Crippen LogP) is -1.20. The molecule has 17 heavy (non-hydrogen) atoms. The van der Waals surface area contributed by atoms with Crippen LogP contribution < -0.4 is 11.1 Å². The van der Waals surface area contributed by atoms with Gasteiger partial charge in [0.05, 0.1) is 17.0 Å². The van der Waals surface area contributed by atoms with E-state index in [1.807, 2.05) is 0 Å². The molecule has 0 aromatic carbocycles. The third-order valence-corrected chi connectivity index (χ3v) is 5.17. The van der Waals surface area contributed by atoms with Crippen molar-refractivity contribution in [2.75, 3.05) is 24.7 Å². The van der Waals surface area contributed by atoms with Crippen LogP contribution in [0.5, 0.6) is 0 Å². The lowest BCUT2D eigenvalue weighted by Crippen LogP contribution is -2.58. The van der Waals surface area contributed by atoms with Gasteiger partial charge in [-0.25, -0.2) is 8.42 Å². The summed E-state index contributed by atoms with van der Waals surface area (Å²) in [6.45, 7) is 0.958. The number of amides is 1. The Bertz CT molecular complexity index is 401. The van der Waals surface area contributed by atoms with Crippen LogP contribution in [0, 0.1) is 0 Å². The standard InChI is InChI=1S/C10H18N2O4S/c11-10(2-4-16-5-3-10)9(13)12-8-1-6-17(14,15)7-8/h8H,1-7,11H2,(H,12,13). The SMILES string of the molecule is NC1(C(=O)NC2CCS(=O)(=O)C2)CCOCC1. The lowest BCUT2D eigenvalue weighted by molar-refractivity contribution is -0.130. The Balaban J connectivity index is 1.93. The summed E-state index contributed by atoms with van der Waals surface area (Å²) in [5.74, 6) is -0.0628. The van der Waals surface area contributed by atoms with Gasteiger partial charge in [-0.3, -0.25) is 4.79 Å². The van der Waals surface area contributed by atoms with Crippen molar-refractivity contribution in [3.8, 4) is 0 Å². The van der Waals surface area contributed by atoms with E-state index in [2.05, 4.69) is 5.32 Å². The van der Waals surface area contributed by atoms with E-state index in [1.54, 1.807) is 0 Å². The van der Waals surface area contributed by atoms with E-state index in [-0.39, 0.29) is 23.5 Å². The molecule has 7 heteroatoms. The van der Waals surface area contributed by atoms with Crippen molar-refractivity contribution >= 4 is 15.7 Å². The summed E-state index contributed by atoms with van der Waals surface area (Å²) in [6, 6.07) is -0.282. The van der Waals surface area contributed by atoms with Gasteiger partial charge >= 0.3 is 0 Å². The van der Waals surface area contributed by atoms with Crippen molar-refractivity contribution in [2.24, 2.45) is 5.73 Å². The van der Waals surface area contributed by atoms with Crippen LogP contribution in [0.4, 0.5) is 0 Å². The number of carbonyl (C=O) groups excluding carboxylic acids is 1. The molecule has 1 atom stereocenters. The van der Waals surface area contributed by atoms with Gasteiger partial charge in [-0.2, -0.15) is 0 Å². The van der Waals surface area contributed by atoms with Gasteiger partial charge in [0.2, 0.25) is 5.91 Å². The van der Waals surface area contributed by atoms with Gasteiger partial charge in [-0.15, -0.1) is 0 Å². The Labute approximate surface area is 101 Å². The maximum atomic E-state index is 12.0. The van der Waals surface area contributed by atoms with Crippen molar-refractivity contribution in [3.05, 3.63) is 0 Å². The zero-order valence-corrected chi connectivity index (χ0v) is 10.5. The molecule has 0 spiro atoms. The molecule has 1 unspecified atom stereocenters. The monoisotopic (exact) mass is 262 g/mol. The number of sulfone groups is 1. The number of carbonyl (C=O) groups is 1. The molecule has 2 rings (SSSR count). The number of ether oxygens (including phenoxy) is 1. The minimum absolute atomic E-state index is 0.0331. The van der Waals surface area contributed by atoms with E-state index < -0.39 is 15.4 Å². The second kappa shape index (κ2) is 4.55. The molecule has 2 saturated heterocycles. The summed E-state index contributed by atoms with van der Waals surface area (Å²) < 4.78 is 27.7. The molecule has 2 heterocycles. The van der Waals surface area contributed by atoms with Crippen molar-refractivity contribution in [2.45, 2.75) is 30.8 Å². The maximum absolute atomic E-state index is 12.0. The summed E-state index contributed by atoms with van der Waals surface area (Å²) in [4.78, 5) is 12.0. The number of hydrogen-bond acceptors (Lipinski definition) is 5. The first-order chi connectivity index (χ1) is 7.91. The van der Waals surface area contributed by atoms with Gasteiger partial charge < -0.3 is 15.8 Å². The van der Waals surface area contributed by atoms with E-state index in [0.717, 1.165) is 0 Å². The Hall–Kier alpha value is -0.660. The molecule has 1 amide bonds. The molecule has 0 bridgehead atoms. The number of nitrogens with two attached hydrogens (primary N) is 1. The van der Waals surface area contributed by atoms with Crippen molar-refractivity contribution < 1.29 is 17.9 Å². The molecule has 0 aliphatic carbocycles. The van der Waals surface area contributed by atoms with Gasteiger partial charge in [0.15, 0.2) is 9.84 Å². The van der Waals surface area contributed by atoms with Crippen molar-refractivity contribution in [1.29, 1.82) is 0 Å². The largest absolute Gasteiger partial charge is 0.381 e. The Kier molecular flexibility index (Phi) is 3.42. The van der Waals surface area contributed by atoms with Crippen LogP contribution in [-0.2, 0) is 19.4 Å². The lowest BCUT2D eigenvalue weighted by Gasteiger charge is -2.32. The molecule has 0 aromatic rings. The summed E-state index contributed by atoms with van der Waals surface area (Å²) in [6.07, 6.45) is 1.46. The second-order valence-electron chi connectivity index (χ2n) is 4.84. The van der Waals surface area contributed by atoms with E-state index in [4.69, 9.17) is 10.5 Å². The fraction of sp³-hybridized carbons (Fsp3) is 0.900.